The number of benzene rings is 1. The van der Waals surface area contributed by atoms with E-state index in [-0.39, 0.29) is 23.9 Å². The van der Waals surface area contributed by atoms with Crippen molar-refractivity contribution in [1.29, 1.82) is 5.26 Å². The Labute approximate surface area is 224 Å². The van der Waals surface area contributed by atoms with Crippen molar-refractivity contribution >= 4 is 12.0 Å². The van der Waals surface area contributed by atoms with E-state index in [0.29, 0.717) is 17.5 Å². The van der Waals surface area contributed by atoms with Gasteiger partial charge in [0.05, 0.1) is 12.6 Å². The number of aromatic nitrogens is 1. The van der Waals surface area contributed by atoms with E-state index in [1.807, 2.05) is 6.07 Å². The van der Waals surface area contributed by atoms with Gasteiger partial charge in [0.2, 0.25) is 5.91 Å². The number of nitriles is 1. The summed E-state index contributed by atoms with van der Waals surface area (Å²) in [6.45, 7) is 4.48. The van der Waals surface area contributed by atoms with Crippen molar-refractivity contribution in [2.45, 2.75) is 83.2 Å². The Morgan fingerprint density at radius 1 is 1.18 bits per heavy atom. The van der Waals surface area contributed by atoms with Gasteiger partial charge in [-0.05, 0) is 74.8 Å². The third-order valence-corrected chi connectivity index (χ3v) is 7.06. The summed E-state index contributed by atoms with van der Waals surface area (Å²) in [4.78, 5) is 39.4. The number of ether oxygens (including phenoxy) is 1. The maximum Gasteiger partial charge on any atom is 0.411 e. The van der Waals surface area contributed by atoms with E-state index in [2.05, 4.69) is 5.32 Å². The number of carbonyl (C=O) groups is 2. The number of nitrogens with one attached hydrogen (secondary N) is 1. The van der Waals surface area contributed by atoms with E-state index in [9.17, 15) is 28.4 Å². The Morgan fingerprint density at radius 2 is 1.90 bits per heavy atom. The molecule has 1 aliphatic carbocycles. The van der Waals surface area contributed by atoms with Gasteiger partial charge in [-0.25, -0.2) is 18.0 Å². The number of nitrogens with zero attached hydrogens (tertiary/aromatic N) is 3. The quantitative estimate of drug-likeness (QED) is 0.561. The van der Waals surface area contributed by atoms with Crippen LogP contribution in [-0.4, -0.2) is 51.6 Å². The van der Waals surface area contributed by atoms with Crippen molar-refractivity contribution in [1.82, 2.24) is 14.8 Å². The van der Waals surface area contributed by atoms with Crippen LogP contribution in [0.1, 0.15) is 45.6 Å². The normalized spacial score (nSPS) is 21.1. The lowest BCUT2D eigenvalue weighted by molar-refractivity contribution is -0.128. The molecule has 2 fully saturated rings. The van der Waals surface area contributed by atoms with Crippen LogP contribution in [0.25, 0.3) is 11.1 Å². The van der Waals surface area contributed by atoms with Gasteiger partial charge in [-0.2, -0.15) is 5.26 Å². The molecule has 1 saturated carbocycles. The summed E-state index contributed by atoms with van der Waals surface area (Å²) in [5.74, 6) is -1.16. The smallest absolute Gasteiger partial charge is 0.411 e. The van der Waals surface area contributed by atoms with Crippen LogP contribution < -0.4 is 10.9 Å². The molecular weight excluding hydrogens is 513 g/mol. The molecule has 39 heavy (non-hydrogen) atoms. The Kier molecular flexibility index (Phi) is 8.04. The van der Waals surface area contributed by atoms with Gasteiger partial charge in [-0.3, -0.25) is 14.5 Å². The van der Waals surface area contributed by atoms with Crippen molar-refractivity contribution in [3.63, 3.8) is 0 Å². The topological polar surface area (TPSA) is 104 Å². The zero-order valence-electron chi connectivity index (χ0n) is 22.0. The van der Waals surface area contributed by atoms with E-state index in [0.717, 1.165) is 23.5 Å². The van der Waals surface area contributed by atoms with E-state index in [1.165, 1.54) is 29.3 Å². The standard InChI is InChI=1S/C28H31F3N4O4/c1-28(2,3)39-27(38)35-21-8-6-18(11-21)25(35)26(37)33-20(13-32)10-17-5-4-16(12-22(17)29)19-7-9-24(36)34(14-19)15-23(30)31/h4-5,7,9,12,14,18,20-21,23,25H,6,8,10-11,15H2,1-3H3,(H,33,37)/t18?,20-,21?,25?/m0/s1. The van der Waals surface area contributed by atoms with Gasteiger partial charge in [0.15, 0.2) is 0 Å². The molecule has 0 radical (unpaired) electrons. The number of piperidine rings is 1. The lowest BCUT2D eigenvalue weighted by atomic mass is 9.97. The van der Waals surface area contributed by atoms with Crippen LogP contribution in [0, 0.1) is 23.1 Å². The van der Waals surface area contributed by atoms with Crippen LogP contribution in [0.4, 0.5) is 18.0 Å². The minimum atomic E-state index is -2.72. The predicted octanol–water partition coefficient (Wildman–Crippen LogP) is 4.26. The number of hydrogen-bond acceptors (Lipinski definition) is 5. The molecule has 2 bridgehead atoms. The van der Waals surface area contributed by atoms with Crippen LogP contribution in [0.2, 0.25) is 0 Å². The molecule has 4 rings (SSSR count). The molecule has 11 heteroatoms. The zero-order valence-corrected chi connectivity index (χ0v) is 22.0. The van der Waals surface area contributed by atoms with E-state index in [1.54, 1.807) is 26.8 Å². The van der Waals surface area contributed by atoms with Crippen LogP contribution >= 0.6 is 0 Å². The van der Waals surface area contributed by atoms with Gasteiger partial charge in [0.1, 0.15) is 23.5 Å². The first-order valence-electron chi connectivity index (χ1n) is 12.8. The molecule has 1 aliphatic heterocycles. The van der Waals surface area contributed by atoms with Gasteiger partial charge in [-0.1, -0.05) is 12.1 Å². The summed E-state index contributed by atoms with van der Waals surface area (Å²) < 4.78 is 46.9. The third-order valence-electron chi connectivity index (χ3n) is 7.06. The number of amides is 2. The first-order chi connectivity index (χ1) is 18.4. The Balaban J connectivity index is 1.47. The molecule has 1 saturated heterocycles. The minimum absolute atomic E-state index is 0.0359. The predicted molar refractivity (Wildman–Crippen MR) is 136 cm³/mol. The first-order valence-corrected chi connectivity index (χ1v) is 12.8. The van der Waals surface area contributed by atoms with Crippen molar-refractivity contribution in [3.05, 3.63) is 58.3 Å². The van der Waals surface area contributed by atoms with E-state index < -0.39 is 54.0 Å². The maximum atomic E-state index is 15.0. The number of fused-ring (bicyclic) bond motifs is 2. The van der Waals surface area contributed by atoms with Gasteiger partial charge in [-0.15, -0.1) is 0 Å². The molecule has 3 unspecified atom stereocenters. The summed E-state index contributed by atoms with van der Waals surface area (Å²) >= 11 is 0. The average Bonchev–Trinajstić information content (AvgIpc) is 3.47. The molecule has 4 atom stereocenters. The molecule has 1 N–H and O–H groups in total. The molecular formula is C28H31F3N4O4. The van der Waals surface area contributed by atoms with Gasteiger partial charge < -0.3 is 14.6 Å². The second kappa shape index (κ2) is 11.1. The minimum Gasteiger partial charge on any atom is -0.444 e. The van der Waals surface area contributed by atoms with E-state index >= 15 is 4.39 Å². The molecule has 2 aromatic rings. The fraction of sp³-hybridized carbons (Fsp3) is 0.500. The molecule has 8 nitrogen and oxygen atoms in total. The average molecular weight is 545 g/mol. The number of halogens is 3. The maximum absolute atomic E-state index is 15.0. The number of alkyl halides is 2. The first kappa shape index (κ1) is 28.2. The SMILES string of the molecule is CC(C)(C)OC(=O)N1C2CCC(C2)C1C(=O)N[C@H](C#N)Cc1ccc(-c2ccc(=O)n(CC(F)F)c2)cc1F. The van der Waals surface area contributed by atoms with Gasteiger partial charge in [0.25, 0.3) is 12.0 Å². The molecule has 0 spiro atoms. The zero-order chi connectivity index (χ0) is 28.5. The van der Waals surface area contributed by atoms with Crippen LogP contribution in [-0.2, 0) is 22.5 Å². The number of likely N-dealkylation sites (tertiary alicyclic amines) is 1. The van der Waals surface area contributed by atoms with Crippen LogP contribution in [0.5, 0.6) is 0 Å². The Hall–Kier alpha value is -3.81. The summed E-state index contributed by atoms with van der Waals surface area (Å²) in [5, 5.41) is 12.4. The van der Waals surface area contributed by atoms with Crippen LogP contribution in [0.3, 0.4) is 0 Å². The molecule has 1 aromatic carbocycles. The monoisotopic (exact) mass is 544 g/mol. The highest BCUT2D eigenvalue weighted by molar-refractivity contribution is 5.87. The van der Waals surface area contributed by atoms with Crippen molar-refractivity contribution < 1.29 is 27.5 Å². The molecule has 2 heterocycles. The molecule has 1 aromatic heterocycles. The number of pyridine rings is 1. The van der Waals surface area contributed by atoms with Gasteiger partial charge >= 0.3 is 6.09 Å². The highest BCUT2D eigenvalue weighted by Crippen LogP contribution is 2.43. The van der Waals surface area contributed by atoms with Crippen molar-refractivity contribution in [2.75, 3.05) is 0 Å². The third kappa shape index (κ3) is 6.44. The summed E-state index contributed by atoms with van der Waals surface area (Å²) in [7, 11) is 0. The second-order valence-electron chi connectivity index (χ2n) is 11.1. The molecule has 2 amide bonds. The van der Waals surface area contributed by atoms with Gasteiger partial charge in [0, 0.05) is 24.7 Å². The number of hydrogen-bond donors (Lipinski definition) is 1. The number of carbonyl (C=O) groups excluding carboxylic acids is 2. The van der Waals surface area contributed by atoms with Crippen molar-refractivity contribution in [2.24, 2.45) is 5.92 Å². The number of rotatable bonds is 7. The Bertz CT molecular complexity index is 1350. The van der Waals surface area contributed by atoms with E-state index in [4.69, 9.17) is 4.74 Å². The molecule has 2 aliphatic rings. The fourth-order valence-corrected chi connectivity index (χ4v) is 5.39. The summed E-state index contributed by atoms with van der Waals surface area (Å²) in [5.41, 5.74) is -0.400. The highest BCUT2D eigenvalue weighted by atomic mass is 19.3. The Morgan fingerprint density at radius 3 is 2.54 bits per heavy atom. The second-order valence-corrected chi connectivity index (χ2v) is 11.1. The summed E-state index contributed by atoms with van der Waals surface area (Å²) in [6, 6.07) is 6.85. The lowest BCUT2D eigenvalue weighted by Gasteiger charge is -2.35. The van der Waals surface area contributed by atoms with Crippen LogP contribution in [0.15, 0.2) is 41.3 Å². The molecule has 208 valence electrons. The highest BCUT2D eigenvalue weighted by Gasteiger charge is 2.52. The largest absolute Gasteiger partial charge is 0.444 e. The summed E-state index contributed by atoms with van der Waals surface area (Å²) in [6.07, 6.45) is 0.108. The fourth-order valence-electron chi connectivity index (χ4n) is 5.39. The lowest BCUT2D eigenvalue weighted by Crippen LogP contribution is -2.55. The van der Waals surface area contributed by atoms with Crippen molar-refractivity contribution in [3.8, 4) is 17.2 Å².